The molecule has 1 atom stereocenters. The molecule has 1 aromatic rings. The zero-order valence-corrected chi connectivity index (χ0v) is 6.90. The average Bonchev–Trinajstić information content (AvgIpc) is 2.02. The lowest BCUT2D eigenvalue weighted by Gasteiger charge is -2.22. The average molecular weight is 182 g/mol. The van der Waals surface area contributed by atoms with Crippen LogP contribution in [-0.2, 0) is 0 Å². The summed E-state index contributed by atoms with van der Waals surface area (Å²) in [7, 11) is 0. The van der Waals surface area contributed by atoms with Crippen molar-refractivity contribution in [1.29, 1.82) is 0 Å². The van der Waals surface area contributed by atoms with Crippen LogP contribution in [0, 0.1) is 0 Å². The number of phenols is 2. The molecule has 1 aromatic carbocycles. The van der Waals surface area contributed by atoms with E-state index in [1.54, 1.807) is 0 Å². The molecule has 1 heterocycles. The molecular weight excluding hydrogens is 172 g/mol. The summed E-state index contributed by atoms with van der Waals surface area (Å²) in [5.41, 5.74) is 0.365. The molecule has 1 aliphatic heterocycles. The van der Waals surface area contributed by atoms with Crippen LogP contribution in [0.3, 0.4) is 0 Å². The van der Waals surface area contributed by atoms with Crippen molar-refractivity contribution in [3.05, 3.63) is 17.7 Å². The molecule has 0 bridgehead atoms. The third-order valence-corrected chi connectivity index (χ3v) is 2.09. The fourth-order valence-electron chi connectivity index (χ4n) is 1.48. The van der Waals surface area contributed by atoms with Gasteiger partial charge in [-0.1, -0.05) is 0 Å². The number of ether oxygens (including phenoxy) is 1. The molecule has 70 valence electrons. The Morgan fingerprint density at radius 2 is 2.08 bits per heavy atom. The Hall–Kier alpha value is -1.42. The van der Waals surface area contributed by atoms with E-state index in [2.05, 4.69) is 0 Å². The Bertz CT molecular complexity index is 335. The maximum absolute atomic E-state index is 9.51. The second-order valence-corrected chi connectivity index (χ2v) is 3.03. The summed E-state index contributed by atoms with van der Waals surface area (Å²) < 4.78 is 5.18. The van der Waals surface area contributed by atoms with Gasteiger partial charge in [0.2, 0.25) is 0 Å². The van der Waals surface area contributed by atoms with E-state index in [1.807, 2.05) is 0 Å². The Morgan fingerprint density at radius 1 is 1.31 bits per heavy atom. The van der Waals surface area contributed by atoms with Gasteiger partial charge in [-0.15, -0.1) is 0 Å². The van der Waals surface area contributed by atoms with Crippen LogP contribution in [0.4, 0.5) is 0 Å². The minimum absolute atomic E-state index is 0.0645. The standard InChI is InChI=1S/C9H10O4/c10-5-3-7(12)9-6(11)1-2-13-8(9)4-5/h3-4,6,10-12H,1-2H2. The molecule has 0 aromatic heterocycles. The van der Waals surface area contributed by atoms with Gasteiger partial charge in [0.15, 0.2) is 0 Å². The second kappa shape index (κ2) is 2.81. The predicted molar refractivity (Wildman–Crippen MR) is 44.8 cm³/mol. The first-order valence-corrected chi connectivity index (χ1v) is 4.05. The van der Waals surface area contributed by atoms with Crippen LogP contribution in [0.15, 0.2) is 12.1 Å². The number of aromatic hydroxyl groups is 2. The van der Waals surface area contributed by atoms with Crippen LogP contribution in [0.5, 0.6) is 17.2 Å². The monoisotopic (exact) mass is 182 g/mol. The van der Waals surface area contributed by atoms with Crippen LogP contribution in [0.25, 0.3) is 0 Å². The highest BCUT2D eigenvalue weighted by atomic mass is 16.5. The number of aliphatic hydroxyl groups excluding tert-OH is 1. The van der Waals surface area contributed by atoms with Gasteiger partial charge < -0.3 is 20.1 Å². The summed E-state index contributed by atoms with van der Waals surface area (Å²) in [5, 5.41) is 28.1. The molecule has 4 nitrogen and oxygen atoms in total. The lowest BCUT2D eigenvalue weighted by molar-refractivity contribution is 0.112. The van der Waals surface area contributed by atoms with Gasteiger partial charge in [-0.3, -0.25) is 0 Å². The molecule has 1 aliphatic rings. The van der Waals surface area contributed by atoms with Crippen molar-refractivity contribution in [3.8, 4) is 17.2 Å². The zero-order chi connectivity index (χ0) is 9.42. The number of rotatable bonds is 0. The molecule has 0 radical (unpaired) electrons. The molecular formula is C9H10O4. The smallest absolute Gasteiger partial charge is 0.132 e. The highest BCUT2D eigenvalue weighted by molar-refractivity contribution is 5.51. The third kappa shape index (κ3) is 1.29. The highest BCUT2D eigenvalue weighted by Crippen LogP contribution is 2.40. The summed E-state index contributed by atoms with van der Waals surface area (Å²) in [6, 6.07) is 2.58. The summed E-state index contributed by atoms with van der Waals surface area (Å²) in [6.07, 6.45) is -0.241. The molecule has 0 spiro atoms. The summed E-state index contributed by atoms with van der Waals surface area (Å²) >= 11 is 0. The predicted octanol–water partition coefficient (Wildman–Crippen LogP) is 0.914. The highest BCUT2D eigenvalue weighted by Gasteiger charge is 2.23. The van der Waals surface area contributed by atoms with E-state index in [-0.39, 0.29) is 11.5 Å². The lowest BCUT2D eigenvalue weighted by atomic mass is 10.0. The van der Waals surface area contributed by atoms with Crippen LogP contribution < -0.4 is 4.74 Å². The number of fused-ring (bicyclic) bond motifs is 1. The first kappa shape index (κ1) is 8.19. The van der Waals surface area contributed by atoms with Gasteiger partial charge in [0.25, 0.3) is 0 Å². The van der Waals surface area contributed by atoms with Gasteiger partial charge in [0.05, 0.1) is 18.3 Å². The molecule has 2 rings (SSSR count). The Labute approximate surface area is 75.0 Å². The van der Waals surface area contributed by atoms with E-state index in [0.717, 1.165) is 0 Å². The molecule has 0 saturated carbocycles. The van der Waals surface area contributed by atoms with Crippen LogP contribution in [0.2, 0.25) is 0 Å². The van der Waals surface area contributed by atoms with Crippen LogP contribution in [0.1, 0.15) is 18.1 Å². The van der Waals surface area contributed by atoms with Crippen molar-refractivity contribution in [2.45, 2.75) is 12.5 Å². The summed E-state index contributed by atoms with van der Waals surface area (Å²) in [4.78, 5) is 0. The SMILES string of the molecule is Oc1cc(O)c2c(c1)OCCC2O. The molecule has 0 amide bonds. The van der Waals surface area contributed by atoms with E-state index >= 15 is 0 Å². The topological polar surface area (TPSA) is 69.9 Å². The van der Waals surface area contributed by atoms with E-state index < -0.39 is 6.10 Å². The maximum atomic E-state index is 9.51. The Balaban J connectivity index is 2.56. The molecule has 4 heteroatoms. The fourth-order valence-corrected chi connectivity index (χ4v) is 1.48. The Kier molecular flexibility index (Phi) is 1.77. The number of aliphatic hydroxyl groups is 1. The molecule has 1 unspecified atom stereocenters. The molecule has 0 saturated heterocycles. The molecule has 0 aliphatic carbocycles. The first-order valence-electron chi connectivity index (χ1n) is 4.05. The quantitative estimate of drug-likeness (QED) is 0.557. The van der Waals surface area contributed by atoms with Crippen molar-refractivity contribution in [2.75, 3.05) is 6.61 Å². The van der Waals surface area contributed by atoms with E-state index in [0.29, 0.717) is 24.3 Å². The van der Waals surface area contributed by atoms with Gasteiger partial charge in [0, 0.05) is 18.6 Å². The number of hydrogen-bond acceptors (Lipinski definition) is 4. The number of benzene rings is 1. The Morgan fingerprint density at radius 3 is 2.85 bits per heavy atom. The fraction of sp³-hybridized carbons (Fsp3) is 0.333. The summed E-state index contributed by atoms with van der Waals surface area (Å²) in [6.45, 7) is 0.400. The van der Waals surface area contributed by atoms with Gasteiger partial charge >= 0.3 is 0 Å². The molecule has 0 fully saturated rings. The largest absolute Gasteiger partial charge is 0.508 e. The van der Waals surface area contributed by atoms with Crippen molar-refractivity contribution in [1.82, 2.24) is 0 Å². The second-order valence-electron chi connectivity index (χ2n) is 3.03. The van der Waals surface area contributed by atoms with E-state index in [4.69, 9.17) is 9.84 Å². The van der Waals surface area contributed by atoms with Crippen LogP contribution in [-0.4, -0.2) is 21.9 Å². The molecule has 13 heavy (non-hydrogen) atoms. The minimum Gasteiger partial charge on any atom is -0.508 e. The summed E-state index contributed by atoms with van der Waals surface area (Å²) in [5.74, 6) is 0.170. The molecule has 3 N–H and O–H groups in total. The van der Waals surface area contributed by atoms with Gasteiger partial charge in [-0.25, -0.2) is 0 Å². The zero-order valence-electron chi connectivity index (χ0n) is 6.90. The van der Waals surface area contributed by atoms with Crippen molar-refractivity contribution >= 4 is 0 Å². The van der Waals surface area contributed by atoms with Crippen molar-refractivity contribution in [2.24, 2.45) is 0 Å². The normalized spacial score (nSPS) is 20.5. The van der Waals surface area contributed by atoms with E-state index in [9.17, 15) is 10.2 Å². The van der Waals surface area contributed by atoms with Crippen molar-refractivity contribution < 1.29 is 20.1 Å². The van der Waals surface area contributed by atoms with Crippen molar-refractivity contribution in [3.63, 3.8) is 0 Å². The lowest BCUT2D eigenvalue weighted by Crippen LogP contribution is -2.13. The first-order chi connectivity index (χ1) is 6.18. The van der Waals surface area contributed by atoms with E-state index in [1.165, 1.54) is 12.1 Å². The van der Waals surface area contributed by atoms with Gasteiger partial charge in [-0.2, -0.15) is 0 Å². The van der Waals surface area contributed by atoms with Gasteiger partial charge in [0.1, 0.15) is 17.2 Å². The third-order valence-electron chi connectivity index (χ3n) is 2.09. The van der Waals surface area contributed by atoms with Crippen LogP contribution >= 0.6 is 0 Å². The minimum atomic E-state index is -0.704. The van der Waals surface area contributed by atoms with Gasteiger partial charge in [-0.05, 0) is 0 Å². The maximum Gasteiger partial charge on any atom is 0.132 e. The number of phenolic OH excluding ortho intramolecular Hbond substituents is 2. The number of hydrogen-bond donors (Lipinski definition) is 3.